The maximum atomic E-state index is 12.0. The first-order chi connectivity index (χ1) is 11.1. The van der Waals surface area contributed by atoms with Crippen LogP contribution in [0, 0.1) is 5.92 Å². The minimum absolute atomic E-state index is 0.0559. The van der Waals surface area contributed by atoms with Gasteiger partial charge in [-0.2, -0.15) is 0 Å². The van der Waals surface area contributed by atoms with Crippen LogP contribution in [0.25, 0.3) is 0 Å². The van der Waals surface area contributed by atoms with Crippen LogP contribution >= 0.6 is 0 Å². The lowest BCUT2D eigenvalue weighted by Gasteiger charge is -2.22. The van der Waals surface area contributed by atoms with Crippen LogP contribution in [0.15, 0.2) is 30.3 Å². The number of piperidine rings is 1. The molecule has 1 fully saturated rings. The summed E-state index contributed by atoms with van der Waals surface area (Å²) in [4.78, 5) is 11.8. The normalized spacial score (nSPS) is 18.5. The predicted molar refractivity (Wildman–Crippen MR) is 92.0 cm³/mol. The molecule has 5 nitrogen and oxygen atoms in total. The van der Waals surface area contributed by atoms with Gasteiger partial charge in [0.15, 0.2) is 9.84 Å². The summed E-state index contributed by atoms with van der Waals surface area (Å²) in [5.74, 6) is -0.314. The average molecular weight is 338 g/mol. The van der Waals surface area contributed by atoms with Crippen molar-refractivity contribution in [3.05, 3.63) is 35.9 Å². The fourth-order valence-corrected chi connectivity index (χ4v) is 4.05. The fraction of sp³-hybridized carbons (Fsp3) is 0.588. The molecule has 6 heteroatoms. The Morgan fingerprint density at radius 3 is 2.74 bits per heavy atom. The van der Waals surface area contributed by atoms with Gasteiger partial charge < -0.3 is 10.6 Å². The maximum absolute atomic E-state index is 12.0. The van der Waals surface area contributed by atoms with E-state index in [4.69, 9.17) is 0 Å². The van der Waals surface area contributed by atoms with E-state index in [9.17, 15) is 13.2 Å². The zero-order valence-corrected chi connectivity index (χ0v) is 14.3. The number of nitrogens with one attached hydrogen (secondary N) is 2. The number of sulfone groups is 1. The van der Waals surface area contributed by atoms with Crippen LogP contribution in [-0.2, 0) is 21.1 Å². The van der Waals surface area contributed by atoms with Gasteiger partial charge in [-0.15, -0.1) is 0 Å². The number of aryl methyl sites for hydroxylation is 1. The van der Waals surface area contributed by atoms with E-state index in [0.717, 1.165) is 37.9 Å². The lowest BCUT2D eigenvalue weighted by Crippen LogP contribution is -2.40. The Hall–Kier alpha value is -1.40. The second-order valence-electron chi connectivity index (χ2n) is 6.20. The standard InChI is InChI=1S/C17H26N2O3S/c20-17(19-13-16-8-4-10-18-12-16)14-23(21,22)11-5-9-15-6-2-1-3-7-15/h1-3,6-7,16,18H,4-5,8-14H2,(H,19,20). The van der Waals surface area contributed by atoms with Gasteiger partial charge in [-0.1, -0.05) is 30.3 Å². The summed E-state index contributed by atoms with van der Waals surface area (Å²) in [5.41, 5.74) is 1.12. The third-order valence-electron chi connectivity index (χ3n) is 4.10. The van der Waals surface area contributed by atoms with Gasteiger partial charge in [0.1, 0.15) is 5.75 Å². The molecule has 23 heavy (non-hydrogen) atoms. The summed E-state index contributed by atoms with van der Waals surface area (Å²) in [6, 6.07) is 9.79. The second kappa shape index (κ2) is 9.03. The Morgan fingerprint density at radius 1 is 1.26 bits per heavy atom. The Bertz CT molecular complexity index is 581. The molecule has 1 saturated heterocycles. The third kappa shape index (κ3) is 7.14. The van der Waals surface area contributed by atoms with Crippen LogP contribution in [0.5, 0.6) is 0 Å². The van der Waals surface area contributed by atoms with Crippen LogP contribution in [0.2, 0.25) is 0 Å². The van der Waals surface area contributed by atoms with Gasteiger partial charge in [0.05, 0.1) is 5.75 Å². The molecule has 0 spiro atoms. The molecule has 1 heterocycles. The molecule has 0 radical (unpaired) electrons. The number of carbonyl (C=O) groups is 1. The largest absolute Gasteiger partial charge is 0.355 e. The van der Waals surface area contributed by atoms with Gasteiger partial charge in [-0.3, -0.25) is 4.79 Å². The molecule has 1 aliphatic heterocycles. The summed E-state index contributed by atoms with van der Waals surface area (Å²) in [6.07, 6.45) is 3.46. The molecule has 0 saturated carbocycles. The SMILES string of the molecule is O=C(CS(=O)(=O)CCCc1ccccc1)NCC1CCCNC1. The van der Waals surface area contributed by atoms with Crippen molar-refractivity contribution in [2.45, 2.75) is 25.7 Å². The van der Waals surface area contributed by atoms with Gasteiger partial charge in [0, 0.05) is 6.54 Å². The van der Waals surface area contributed by atoms with Gasteiger partial charge in [-0.25, -0.2) is 8.42 Å². The van der Waals surface area contributed by atoms with Gasteiger partial charge in [0.25, 0.3) is 0 Å². The van der Waals surface area contributed by atoms with E-state index in [1.165, 1.54) is 0 Å². The Labute approximate surface area is 138 Å². The van der Waals surface area contributed by atoms with E-state index >= 15 is 0 Å². The van der Waals surface area contributed by atoms with E-state index < -0.39 is 15.6 Å². The Kier molecular flexibility index (Phi) is 7.05. The quantitative estimate of drug-likeness (QED) is 0.746. The van der Waals surface area contributed by atoms with Crippen LogP contribution < -0.4 is 10.6 Å². The monoisotopic (exact) mass is 338 g/mol. The minimum Gasteiger partial charge on any atom is -0.355 e. The van der Waals surface area contributed by atoms with Gasteiger partial charge in [-0.05, 0) is 50.3 Å². The molecule has 1 aromatic carbocycles. The van der Waals surface area contributed by atoms with Crippen molar-refractivity contribution in [3.63, 3.8) is 0 Å². The van der Waals surface area contributed by atoms with Gasteiger partial charge >= 0.3 is 0 Å². The number of hydrogen-bond donors (Lipinski definition) is 2. The topological polar surface area (TPSA) is 75.3 Å². The van der Waals surface area contributed by atoms with Crippen molar-refractivity contribution >= 4 is 15.7 Å². The minimum atomic E-state index is -3.33. The van der Waals surface area contributed by atoms with E-state index in [1.807, 2.05) is 30.3 Å². The molecule has 1 amide bonds. The number of carbonyl (C=O) groups excluding carboxylic acids is 1. The smallest absolute Gasteiger partial charge is 0.235 e. The average Bonchev–Trinajstić information content (AvgIpc) is 2.54. The summed E-state index contributed by atoms with van der Waals surface area (Å²) < 4.78 is 24.0. The zero-order valence-electron chi connectivity index (χ0n) is 13.5. The summed E-state index contributed by atoms with van der Waals surface area (Å²) >= 11 is 0. The molecule has 2 N–H and O–H groups in total. The molecular formula is C17H26N2O3S. The maximum Gasteiger partial charge on any atom is 0.235 e. The van der Waals surface area contributed by atoms with E-state index in [-0.39, 0.29) is 11.7 Å². The van der Waals surface area contributed by atoms with Crippen molar-refractivity contribution < 1.29 is 13.2 Å². The fourth-order valence-electron chi connectivity index (χ4n) is 2.82. The van der Waals surface area contributed by atoms with E-state index in [2.05, 4.69) is 10.6 Å². The second-order valence-corrected chi connectivity index (χ2v) is 8.38. The van der Waals surface area contributed by atoms with Crippen molar-refractivity contribution in [2.75, 3.05) is 31.1 Å². The molecule has 1 atom stereocenters. The van der Waals surface area contributed by atoms with Crippen molar-refractivity contribution in [1.29, 1.82) is 0 Å². The highest BCUT2D eigenvalue weighted by Crippen LogP contribution is 2.08. The summed E-state index contributed by atoms with van der Waals surface area (Å²) in [6.45, 7) is 2.48. The van der Waals surface area contributed by atoms with Crippen molar-refractivity contribution in [2.24, 2.45) is 5.92 Å². The lowest BCUT2D eigenvalue weighted by molar-refractivity contribution is -0.118. The van der Waals surface area contributed by atoms with Crippen LogP contribution in [0.3, 0.4) is 0 Å². The van der Waals surface area contributed by atoms with Crippen LogP contribution in [0.4, 0.5) is 0 Å². The predicted octanol–water partition coefficient (Wildman–Crippen LogP) is 1.15. The van der Waals surface area contributed by atoms with Crippen LogP contribution in [0.1, 0.15) is 24.8 Å². The number of benzene rings is 1. The third-order valence-corrected chi connectivity index (χ3v) is 5.71. The summed E-state index contributed by atoms with van der Waals surface area (Å²) in [7, 11) is -3.33. The molecule has 1 unspecified atom stereocenters. The highest BCUT2D eigenvalue weighted by atomic mass is 32.2. The number of amides is 1. The molecule has 1 aliphatic rings. The molecule has 0 aromatic heterocycles. The van der Waals surface area contributed by atoms with Crippen molar-refractivity contribution in [1.82, 2.24) is 10.6 Å². The first kappa shape index (κ1) is 17.9. The van der Waals surface area contributed by atoms with E-state index in [0.29, 0.717) is 18.9 Å². The molecule has 2 rings (SSSR count). The van der Waals surface area contributed by atoms with Crippen molar-refractivity contribution in [3.8, 4) is 0 Å². The molecular weight excluding hydrogens is 312 g/mol. The molecule has 0 aliphatic carbocycles. The summed E-state index contributed by atoms with van der Waals surface area (Å²) in [5, 5.41) is 6.04. The first-order valence-corrected chi connectivity index (χ1v) is 10.1. The first-order valence-electron chi connectivity index (χ1n) is 8.27. The van der Waals surface area contributed by atoms with Gasteiger partial charge in [0.2, 0.25) is 5.91 Å². The molecule has 128 valence electrons. The highest BCUT2D eigenvalue weighted by Gasteiger charge is 2.18. The highest BCUT2D eigenvalue weighted by molar-refractivity contribution is 7.92. The number of hydrogen-bond acceptors (Lipinski definition) is 4. The number of rotatable bonds is 8. The Morgan fingerprint density at radius 2 is 2.04 bits per heavy atom. The van der Waals surface area contributed by atoms with E-state index in [1.54, 1.807) is 0 Å². The molecule has 1 aromatic rings. The van der Waals surface area contributed by atoms with Crippen LogP contribution in [-0.4, -0.2) is 45.5 Å². The Balaban J connectivity index is 1.66. The molecule has 0 bridgehead atoms. The zero-order chi connectivity index (χ0) is 16.5. The lowest BCUT2D eigenvalue weighted by atomic mass is 10.00.